The second kappa shape index (κ2) is 10.1. The van der Waals surface area contributed by atoms with E-state index in [1.807, 2.05) is 0 Å². The number of halogens is 3. The summed E-state index contributed by atoms with van der Waals surface area (Å²) in [6.45, 7) is -0.406. The second-order valence-corrected chi connectivity index (χ2v) is 6.21. The Labute approximate surface area is 166 Å². The van der Waals surface area contributed by atoms with Crippen LogP contribution < -0.4 is 9.47 Å². The number of methoxy groups -OCH3 is 1. The van der Waals surface area contributed by atoms with Crippen LogP contribution in [0.4, 0.5) is 13.2 Å². The van der Waals surface area contributed by atoms with E-state index in [4.69, 9.17) is 9.84 Å². The van der Waals surface area contributed by atoms with Crippen LogP contribution in [0.15, 0.2) is 42.5 Å². The van der Waals surface area contributed by atoms with Crippen LogP contribution in [-0.2, 0) is 0 Å². The molecule has 0 saturated heterocycles. The summed E-state index contributed by atoms with van der Waals surface area (Å²) in [5, 5.41) is 18.2. The predicted octanol–water partition coefficient (Wildman–Crippen LogP) is 4.08. The molecule has 2 N–H and O–H groups in total. The molecule has 2 aromatic carbocycles. The lowest BCUT2D eigenvalue weighted by atomic mass is 10.0. The normalized spacial score (nSPS) is 12.8. The Morgan fingerprint density at radius 1 is 1.14 bits per heavy atom. The molecule has 0 heterocycles. The van der Waals surface area contributed by atoms with Crippen molar-refractivity contribution in [2.75, 3.05) is 13.7 Å². The minimum Gasteiger partial charge on any atom is -0.496 e. The highest BCUT2D eigenvalue weighted by atomic mass is 19.4. The van der Waals surface area contributed by atoms with E-state index in [0.29, 0.717) is 22.4 Å². The highest BCUT2D eigenvalue weighted by Gasteiger charge is 2.30. The number of aliphatic hydroxyl groups is 2. The van der Waals surface area contributed by atoms with Gasteiger partial charge in [0.15, 0.2) is 5.78 Å². The summed E-state index contributed by atoms with van der Waals surface area (Å²) >= 11 is 0. The van der Waals surface area contributed by atoms with Gasteiger partial charge < -0.3 is 19.7 Å². The van der Waals surface area contributed by atoms with Crippen LogP contribution >= 0.6 is 0 Å². The minimum absolute atomic E-state index is 0.0812. The second-order valence-electron chi connectivity index (χ2n) is 6.21. The van der Waals surface area contributed by atoms with Crippen molar-refractivity contribution in [3.63, 3.8) is 0 Å². The molecule has 1 atom stereocenters. The van der Waals surface area contributed by atoms with Gasteiger partial charge in [-0.15, -0.1) is 13.2 Å². The summed E-state index contributed by atoms with van der Waals surface area (Å²) in [6, 6.07) is 10.2. The number of hydrogen-bond donors (Lipinski definition) is 2. The monoisotopic (exact) mass is 410 g/mol. The van der Waals surface area contributed by atoms with Crippen molar-refractivity contribution in [2.24, 2.45) is 0 Å². The lowest BCUT2D eigenvalue weighted by molar-refractivity contribution is -0.274. The molecule has 0 fully saturated rings. The first kappa shape index (κ1) is 22.4. The Balaban J connectivity index is 2.15. The van der Waals surface area contributed by atoms with Gasteiger partial charge in [0, 0.05) is 17.5 Å². The van der Waals surface area contributed by atoms with Crippen LogP contribution in [-0.4, -0.2) is 42.2 Å². The van der Waals surface area contributed by atoms with Gasteiger partial charge in [0.1, 0.15) is 11.5 Å². The fourth-order valence-electron chi connectivity index (χ4n) is 2.54. The molecular formula is C21H21F3O5. The number of rotatable bonds is 9. The minimum atomic E-state index is -4.75. The molecular weight excluding hydrogens is 389 g/mol. The fourth-order valence-corrected chi connectivity index (χ4v) is 2.54. The average molecular weight is 410 g/mol. The summed E-state index contributed by atoms with van der Waals surface area (Å²) < 4.78 is 45.7. The van der Waals surface area contributed by atoms with Crippen LogP contribution in [0, 0.1) is 0 Å². The van der Waals surface area contributed by atoms with Crippen LogP contribution in [0.3, 0.4) is 0 Å². The van der Waals surface area contributed by atoms with Crippen molar-refractivity contribution in [1.29, 1.82) is 0 Å². The number of ether oxygens (including phenoxy) is 2. The zero-order valence-corrected chi connectivity index (χ0v) is 15.6. The molecule has 29 heavy (non-hydrogen) atoms. The van der Waals surface area contributed by atoms with Crippen LogP contribution in [0.1, 0.15) is 34.3 Å². The van der Waals surface area contributed by atoms with Crippen molar-refractivity contribution in [2.45, 2.75) is 25.3 Å². The highest BCUT2D eigenvalue weighted by molar-refractivity contribution is 5.97. The van der Waals surface area contributed by atoms with Crippen molar-refractivity contribution in [3.8, 4) is 11.5 Å². The van der Waals surface area contributed by atoms with Crippen molar-refractivity contribution in [3.05, 3.63) is 59.2 Å². The lowest BCUT2D eigenvalue weighted by Crippen LogP contribution is -2.16. The van der Waals surface area contributed by atoms with Gasteiger partial charge in [-0.05, 0) is 42.3 Å². The van der Waals surface area contributed by atoms with Gasteiger partial charge in [0.05, 0.1) is 19.8 Å². The molecule has 2 aromatic rings. The molecule has 2 rings (SSSR count). The maximum atomic E-state index is 12.3. The zero-order valence-electron chi connectivity index (χ0n) is 15.6. The molecule has 0 aliphatic heterocycles. The molecule has 0 amide bonds. The van der Waals surface area contributed by atoms with E-state index in [9.17, 15) is 23.1 Å². The van der Waals surface area contributed by atoms with E-state index in [1.54, 1.807) is 30.4 Å². The fraction of sp³-hybridized carbons (Fsp3) is 0.286. The third-order valence-electron chi connectivity index (χ3n) is 4.04. The van der Waals surface area contributed by atoms with Crippen LogP contribution in [0.25, 0.3) is 12.2 Å². The van der Waals surface area contributed by atoms with Gasteiger partial charge >= 0.3 is 6.36 Å². The molecule has 0 aromatic heterocycles. The van der Waals surface area contributed by atoms with Gasteiger partial charge in [-0.3, -0.25) is 4.79 Å². The topological polar surface area (TPSA) is 76.0 Å². The number of carbonyl (C=O) groups excluding carboxylic acids is 1. The van der Waals surface area contributed by atoms with Crippen LogP contribution in [0.5, 0.6) is 11.5 Å². The number of ketones is 1. The number of carbonyl (C=O) groups is 1. The molecule has 156 valence electrons. The lowest BCUT2D eigenvalue weighted by Gasteiger charge is -2.09. The van der Waals surface area contributed by atoms with E-state index in [2.05, 4.69) is 4.74 Å². The van der Waals surface area contributed by atoms with E-state index >= 15 is 0 Å². The first-order valence-corrected chi connectivity index (χ1v) is 8.76. The number of Topliss-reactive ketones (excluding diaryl/α,β-unsaturated/α-hetero) is 1. The average Bonchev–Trinajstić information content (AvgIpc) is 2.69. The Bertz CT molecular complexity index is 844. The maximum Gasteiger partial charge on any atom is 0.573 e. The van der Waals surface area contributed by atoms with Crippen molar-refractivity contribution >= 4 is 17.9 Å². The van der Waals surface area contributed by atoms with E-state index in [0.717, 1.165) is 0 Å². The summed E-state index contributed by atoms with van der Waals surface area (Å²) in [5.74, 6) is 0.0126. The Morgan fingerprint density at radius 3 is 2.41 bits per heavy atom. The Morgan fingerprint density at radius 2 is 1.83 bits per heavy atom. The number of benzene rings is 2. The number of alkyl halides is 3. The van der Waals surface area contributed by atoms with E-state index in [1.165, 1.54) is 31.4 Å². The molecule has 0 saturated carbocycles. The van der Waals surface area contributed by atoms with Gasteiger partial charge in [-0.1, -0.05) is 24.3 Å². The van der Waals surface area contributed by atoms with Gasteiger partial charge in [0.2, 0.25) is 0 Å². The zero-order chi connectivity index (χ0) is 21.4. The third kappa shape index (κ3) is 7.24. The molecule has 0 radical (unpaired) electrons. The molecule has 0 bridgehead atoms. The quantitative estimate of drug-likeness (QED) is 0.481. The molecule has 0 aliphatic rings. The molecule has 0 spiro atoms. The molecule has 8 heteroatoms. The predicted molar refractivity (Wildman–Crippen MR) is 102 cm³/mol. The highest BCUT2D eigenvalue weighted by Crippen LogP contribution is 2.25. The number of aliphatic hydroxyl groups excluding tert-OH is 2. The van der Waals surface area contributed by atoms with E-state index < -0.39 is 19.1 Å². The van der Waals surface area contributed by atoms with Gasteiger partial charge in [-0.25, -0.2) is 0 Å². The maximum absolute atomic E-state index is 12.3. The molecule has 0 aliphatic carbocycles. The smallest absolute Gasteiger partial charge is 0.496 e. The summed E-state index contributed by atoms with van der Waals surface area (Å²) in [5.41, 5.74) is 1.66. The SMILES string of the molecule is COc1ccc(C(=O)CCC(O)CO)cc1/C=C/c1ccc(OC(F)(F)F)cc1. The Hall–Kier alpha value is -2.84. The van der Waals surface area contributed by atoms with Crippen LogP contribution in [0.2, 0.25) is 0 Å². The van der Waals surface area contributed by atoms with Gasteiger partial charge in [-0.2, -0.15) is 0 Å². The largest absolute Gasteiger partial charge is 0.573 e. The van der Waals surface area contributed by atoms with Gasteiger partial charge in [0.25, 0.3) is 0 Å². The summed E-state index contributed by atoms with van der Waals surface area (Å²) in [7, 11) is 1.48. The standard InChI is InChI=1S/C21H21F3O5/c1-28-20-11-6-15(19(27)10-7-17(26)13-25)12-16(20)5-2-14-3-8-18(9-4-14)29-21(22,23)24/h2-6,8-9,11-12,17,25-26H,7,10,13H2,1H3/b5-2+. The van der Waals surface area contributed by atoms with Crippen molar-refractivity contribution in [1.82, 2.24) is 0 Å². The Kier molecular flexibility index (Phi) is 7.81. The third-order valence-corrected chi connectivity index (χ3v) is 4.04. The number of hydrogen-bond acceptors (Lipinski definition) is 5. The first-order chi connectivity index (χ1) is 13.7. The van der Waals surface area contributed by atoms with Crippen molar-refractivity contribution < 1.29 is 37.7 Å². The molecule has 1 unspecified atom stereocenters. The first-order valence-electron chi connectivity index (χ1n) is 8.76. The molecule has 5 nitrogen and oxygen atoms in total. The summed E-state index contributed by atoms with van der Waals surface area (Å²) in [4.78, 5) is 12.3. The summed E-state index contributed by atoms with van der Waals surface area (Å²) in [6.07, 6.45) is -2.11. The van der Waals surface area contributed by atoms with E-state index in [-0.39, 0.29) is 24.4 Å².